The molecule has 2 aromatic rings. The van der Waals surface area contributed by atoms with Crippen LogP contribution in [0.4, 0.5) is 11.4 Å². The minimum atomic E-state index is -0.680. The van der Waals surface area contributed by atoms with E-state index in [4.69, 9.17) is 16.3 Å². The predicted molar refractivity (Wildman–Crippen MR) is 109 cm³/mol. The number of rotatable bonds is 6. The number of hydrogen-bond donors (Lipinski definition) is 1. The van der Waals surface area contributed by atoms with Crippen molar-refractivity contribution in [2.24, 2.45) is 5.92 Å². The number of carbonyl (C=O) groups excluding carboxylic acids is 4. The van der Waals surface area contributed by atoms with Crippen LogP contribution in [0.2, 0.25) is 5.02 Å². The van der Waals surface area contributed by atoms with Crippen molar-refractivity contribution in [1.29, 1.82) is 0 Å². The molecular weight excluding hydrogens is 412 g/mol. The van der Waals surface area contributed by atoms with Crippen LogP contribution in [-0.2, 0) is 23.9 Å². The predicted octanol–water partition coefficient (Wildman–Crippen LogP) is 2.66. The van der Waals surface area contributed by atoms with Crippen LogP contribution >= 0.6 is 11.6 Å². The van der Waals surface area contributed by atoms with E-state index in [9.17, 15) is 19.2 Å². The Morgan fingerprint density at radius 3 is 2.50 bits per heavy atom. The maximum atomic E-state index is 12.3. The van der Waals surface area contributed by atoms with Crippen molar-refractivity contribution in [3.63, 3.8) is 0 Å². The highest BCUT2D eigenvalue weighted by atomic mass is 35.5. The molecule has 3 rings (SSSR count). The van der Waals surface area contributed by atoms with Crippen LogP contribution in [-0.4, -0.2) is 44.0 Å². The quantitative estimate of drug-likeness (QED) is 0.707. The van der Waals surface area contributed by atoms with E-state index in [0.717, 1.165) is 0 Å². The molecule has 1 fully saturated rings. The number of esters is 2. The molecule has 8 nitrogen and oxygen atoms in total. The average Bonchev–Trinajstić information content (AvgIpc) is 3.14. The third-order valence-corrected chi connectivity index (χ3v) is 4.86. The van der Waals surface area contributed by atoms with E-state index in [1.54, 1.807) is 24.3 Å². The van der Waals surface area contributed by atoms with E-state index < -0.39 is 30.4 Å². The number of para-hydroxylation sites is 1. The van der Waals surface area contributed by atoms with Gasteiger partial charge in [0.25, 0.3) is 5.91 Å². The summed E-state index contributed by atoms with van der Waals surface area (Å²) in [5, 5.41) is 2.97. The van der Waals surface area contributed by atoms with Crippen LogP contribution in [0.3, 0.4) is 0 Å². The summed E-state index contributed by atoms with van der Waals surface area (Å²) in [6.07, 6.45) is -0.0132. The normalized spacial score (nSPS) is 15.6. The summed E-state index contributed by atoms with van der Waals surface area (Å²) in [7, 11) is 1.28. The number of nitrogens with one attached hydrogen (secondary N) is 1. The second-order valence-corrected chi connectivity index (χ2v) is 6.99. The zero-order valence-corrected chi connectivity index (χ0v) is 16.8. The first-order valence-corrected chi connectivity index (χ1v) is 9.46. The third-order valence-electron chi connectivity index (χ3n) is 4.54. The van der Waals surface area contributed by atoms with E-state index in [1.165, 1.54) is 36.3 Å². The van der Waals surface area contributed by atoms with Gasteiger partial charge in [-0.25, -0.2) is 4.79 Å². The molecule has 9 heteroatoms. The first-order valence-electron chi connectivity index (χ1n) is 9.09. The van der Waals surface area contributed by atoms with Crippen molar-refractivity contribution in [2.45, 2.75) is 6.42 Å². The molecule has 0 bridgehead atoms. The van der Waals surface area contributed by atoms with Crippen molar-refractivity contribution in [3.8, 4) is 0 Å². The lowest BCUT2D eigenvalue weighted by atomic mass is 10.1. The molecule has 0 unspecified atom stereocenters. The van der Waals surface area contributed by atoms with Crippen molar-refractivity contribution in [1.82, 2.24) is 0 Å². The van der Waals surface area contributed by atoms with Crippen molar-refractivity contribution in [3.05, 3.63) is 59.1 Å². The molecule has 156 valence electrons. The van der Waals surface area contributed by atoms with Crippen LogP contribution in [0.15, 0.2) is 48.5 Å². The number of carbonyl (C=O) groups is 4. The number of ether oxygens (including phenoxy) is 2. The minimum Gasteiger partial charge on any atom is -0.465 e. The van der Waals surface area contributed by atoms with Gasteiger partial charge in [0.15, 0.2) is 6.61 Å². The average molecular weight is 431 g/mol. The molecule has 0 radical (unpaired) electrons. The topological polar surface area (TPSA) is 102 Å². The lowest BCUT2D eigenvalue weighted by Crippen LogP contribution is -2.28. The van der Waals surface area contributed by atoms with Crippen molar-refractivity contribution >= 4 is 46.7 Å². The van der Waals surface area contributed by atoms with E-state index in [1.807, 2.05) is 0 Å². The summed E-state index contributed by atoms with van der Waals surface area (Å²) in [6, 6.07) is 12.9. The van der Waals surface area contributed by atoms with Gasteiger partial charge in [-0.1, -0.05) is 23.7 Å². The molecule has 2 amide bonds. The van der Waals surface area contributed by atoms with Crippen LogP contribution < -0.4 is 10.2 Å². The SMILES string of the molecule is COC(=O)c1ccc(NC(=O)COC(=O)[C@H]2CC(=O)N(c3ccccc3Cl)C2)cc1. The van der Waals surface area contributed by atoms with E-state index in [2.05, 4.69) is 10.1 Å². The molecular formula is C21H19ClN2O6. The first-order chi connectivity index (χ1) is 14.4. The zero-order valence-electron chi connectivity index (χ0n) is 16.1. The molecule has 1 heterocycles. The van der Waals surface area contributed by atoms with Gasteiger partial charge in [-0.2, -0.15) is 0 Å². The van der Waals surface area contributed by atoms with E-state index in [0.29, 0.717) is 22.0 Å². The van der Waals surface area contributed by atoms with Crippen molar-refractivity contribution in [2.75, 3.05) is 30.5 Å². The van der Waals surface area contributed by atoms with Gasteiger partial charge in [-0.15, -0.1) is 0 Å². The number of hydrogen-bond acceptors (Lipinski definition) is 6. The summed E-state index contributed by atoms with van der Waals surface area (Å²) in [6.45, 7) is -0.355. The number of halogens is 1. The summed E-state index contributed by atoms with van der Waals surface area (Å²) in [5.74, 6) is -2.57. The van der Waals surface area contributed by atoms with E-state index >= 15 is 0 Å². The molecule has 2 aromatic carbocycles. The highest BCUT2D eigenvalue weighted by Crippen LogP contribution is 2.31. The van der Waals surface area contributed by atoms with Gasteiger partial charge in [0, 0.05) is 18.7 Å². The van der Waals surface area contributed by atoms with Gasteiger partial charge >= 0.3 is 11.9 Å². The Kier molecular flexibility index (Phi) is 6.68. The Balaban J connectivity index is 1.51. The fraction of sp³-hybridized carbons (Fsp3) is 0.238. The second kappa shape index (κ2) is 9.41. The molecule has 0 aliphatic carbocycles. The number of amides is 2. The van der Waals surface area contributed by atoms with Gasteiger partial charge in [-0.05, 0) is 36.4 Å². The van der Waals surface area contributed by atoms with Crippen LogP contribution in [0.5, 0.6) is 0 Å². The lowest BCUT2D eigenvalue weighted by Gasteiger charge is -2.17. The molecule has 0 spiro atoms. The molecule has 30 heavy (non-hydrogen) atoms. The summed E-state index contributed by atoms with van der Waals surface area (Å²) < 4.78 is 9.67. The Hall–Kier alpha value is -3.39. The maximum absolute atomic E-state index is 12.3. The second-order valence-electron chi connectivity index (χ2n) is 6.58. The number of nitrogens with zero attached hydrogens (tertiary/aromatic N) is 1. The van der Waals surface area contributed by atoms with Gasteiger partial charge in [0.2, 0.25) is 5.91 Å². The van der Waals surface area contributed by atoms with Crippen LogP contribution in [0.1, 0.15) is 16.8 Å². The first kappa shape index (κ1) is 21.3. The van der Waals surface area contributed by atoms with Gasteiger partial charge < -0.3 is 19.7 Å². The molecule has 1 atom stereocenters. The Morgan fingerprint density at radius 2 is 1.83 bits per heavy atom. The number of anilines is 2. The molecule has 1 saturated heterocycles. The summed E-state index contributed by atoms with van der Waals surface area (Å²) >= 11 is 6.12. The standard InChI is InChI=1S/C21H19ClN2O6/c1-29-20(27)13-6-8-15(9-7-13)23-18(25)12-30-21(28)14-10-19(26)24(11-14)17-5-3-2-4-16(17)22/h2-9,14H,10-12H2,1H3,(H,23,25)/t14-/m0/s1. The largest absolute Gasteiger partial charge is 0.465 e. The monoisotopic (exact) mass is 430 g/mol. The van der Waals surface area contributed by atoms with Gasteiger partial charge in [-0.3, -0.25) is 14.4 Å². The summed E-state index contributed by atoms with van der Waals surface area (Å²) in [5.41, 5.74) is 1.31. The minimum absolute atomic E-state index is 0.0132. The zero-order chi connectivity index (χ0) is 21.7. The fourth-order valence-electron chi connectivity index (χ4n) is 3.03. The van der Waals surface area contributed by atoms with Crippen molar-refractivity contribution < 1.29 is 28.7 Å². The highest BCUT2D eigenvalue weighted by molar-refractivity contribution is 6.33. The molecule has 1 aliphatic heterocycles. The Bertz CT molecular complexity index is 976. The third kappa shape index (κ3) is 4.96. The maximum Gasteiger partial charge on any atom is 0.337 e. The molecule has 1 N–H and O–H groups in total. The number of benzene rings is 2. The highest BCUT2D eigenvalue weighted by Gasteiger charge is 2.37. The van der Waals surface area contributed by atoms with Crippen LogP contribution in [0.25, 0.3) is 0 Å². The van der Waals surface area contributed by atoms with Gasteiger partial charge in [0.1, 0.15) is 0 Å². The molecule has 0 saturated carbocycles. The molecule has 1 aliphatic rings. The number of methoxy groups -OCH3 is 1. The fourth-order valence-corrected chi connectivity index (χ4v) is 3.27. The smallest absolute Gasteiger partial charge is 0.337 e. The van der Waals surface area contributed by atoms with Crippen LogP contribution in [0, 0.1) is 5.92 Å². The Morgan fingerprint density at radius 1 is 1.13 bits per heavy atom. The molecule has 0 aromatic heterocycles. The lowest BCUT2D eigenvalue weighted by molar-refractivity contribution is -0.151. The summed E-state index contributed by atoms with van der Waals surface area (Å²) in [4.78, 5) is 49.4. The van der Waals surface area contributed by atoms with Gasteiger partial charge in [0.05, 0.1) is 29.3 Å². The van der Waals surface area contributed by atoms with E-state index in [-0.39, 0.29) is 18.9 Å². The Labute approximate surface area is 177 Å².